The van der Waals surface area contributed by atoms with Crippen molar-refractivity contribution in [3.63, 3.8) is 0 Å². The van der Waals surface area contributed by atoms with Gasteiger partial charge in [0.1, 0.15) is 0 Å². The lowest BCUT2D eigenvalue weighted by Gasteiger charge is -2.35. The van der Waals surface area contributed by atoms with Crippen molar-refractivity contribution < 1.29 is 4.79 Å². The number of carbonyl (C=O) groups is 1. The van der Waals surface area contributed by atoms with Gasteiger partial charge in [0, 0.05) is 31.9 Å². The second kappa shape index (κ2) is 7.93. The summed E-state index contributed by atoms with van der Waals surface area (Å²) in [5, 5.41) is 3.18. The molecule has 32 heavy (non-hydrogen) atoms. The molecular weight excluding hydrogens is 398 g/mol. The van der Waals surface area contributed by atoms with Crippen LogP contribution in [0.4, 0.5) is 11.6 Å². The third-order valence-corrected chi connectivity index (χ3v) is 7.74. The Morgan fingerprint density at radius 2 is 1.88 bits per heavy atom. The molecule has 1 saturated heterocycles. The number of imidazole rings is 1. The number of amides is 1. The molecule has 1 aliphatic carbocycles. The fourth-order valence-corrected chi connectivity index (χ4v) is 6.05. The van der Waals surface area contributed by atoms with Gasteiger partial charge in [-0.1, -0.05) is 30.7 Å². The topological polar surface area (TPSA) is 64.3 Å². The van der Waals surface area contributed by atoms with Crippen molar-refractivity contribution in [3.05, 3.63) is 53.6 Å². The van der Waals surface area contributed by atoms with Gasteiger partial charge >= 0.3 is 0 Å². The van der Waals surface area contributed by atoms with E-state index in [1.165, 1.54) is 11.1 Å². The van der Waals surface area contributed by atoms with Gasteiger partial charge in [-0.05, 0) is 68.0 Å². The lowest BCUT2D eigenvalue weighted by molar-refractivity contribution is -0.121. The lowest BCUT2D eigenvalue weighted by Crippen LogP contribution is -2.47. The van der Waals surface area contributed by atoms with E-state index in [4.69, 9.17) is 4.98 Å². The molecule has 3 aromatic rings. The van der Waals surface area contributed by atoms with Crippen LogP contribution in [-0.2, 0) is 16.6 Å². The largest absolute Gasteiger partial charge is 0.340 e. The summed E-state index contributed by atoms with van der Waals surface area (Å²) in [4.78, 5) is 26.1. The first kappa shape index (κ1) is 19.8. The highest BCUT2D eigenvalue weighted by Gasteiger charge is 2.48. The van der Waals surface area contributed by atoms with Crippen LogP contribution in [0, 0.1) is 0 Å². The second-order valence-electron chi connectivity index (χ2n) is 9.59. The summed E-state index contributed by atoms with van der Waals surface area (Å²) in [6.07, 6.45) is 6.45. The number of benzene rings is 2. The third-order valence-electron chi connectivity index (χ3n) is 7.74. The van der Waals surface area contributed by atoms with E-state index in [0.717, 1.165) is 93.9 Å². The maximum Gasteiger partial charge on any atom is 0.235 e. The van der Waals surface area contributed by atoms with Crippen LogP contribution in [0.3, 0.4) is 0 Å². The summed E-state index contributed by atoms with van der Waals surface area (Å²) >= 11 is 0. The molecule has 1 unspecified atom stereocenters. The molecule has 6 heteroatoms. The number of para-hydroxylation sites is 2. The van der Waals surface area contributed by atoms with Crippen molar-refractivity contribution in [2.45, 2.75) is 43.9 Å². The normalized spacial score (nSPS) is 22.9. The van der Waals surface area contributed by atoms with Gasteiger partial charge in [-0.25, -0.2) is 4.98 Å². The maximum atomic E-state index is 13.0. The number of H-pyrrole nitrogens is 1. The van der Waals surface area contributed by atoms with Crippen LogP contribution in [0.2, 0.25) is 0 Å². The van der Waals surface area contributed by atoms with E-state index in [2.05, 4.69) is 50.4 Å². The van der Waals surface area contributed by atoms with Crippen LogP contribution in [-0.4, -0.2) is 53.5 Å². The smallest absolute Gasteiger partial charge is 0.235 e. The number of hydrogen-bond donors (Lipinski definition) is 2. The van der Waals surface area contributed by atoms with E-state index >= 15 is 0 Å². The van der Waals surface area contributed by atoms with E-state index in [-0.39, 0.29) is 11.3 Å². The van der Waals surface area contributed by atoms with Gasteiger partial charge < -0.3 is 15.2 Å². The maximum absolute atomic E-state index is 13.0. The van der Waals surface area contributed by atoms with Crippen LogP contribution in [0.15, 0.2) is 42.5 Å². The molecule has 166 valence electrons. The fourth-order valence-electron chi connectivity index (χ4n) is 6.05. The van der Waals surface area contributed by atoms with Crippen LogP contribution in [0.1, 0.15) is 43.2 Å². The minimum atomic E-state index is -0.274. The molecule has 1 fully saturated rings. The van der Waals surface area contributed by atoms with Crippen molar-refractivity contribution >= 4 is 28.6 Å². The van der Waals surface area contributed by atoms with Gasteiger partial charge in [-0.3, -0.25) is 9.69 Å². The molecule has 1 atom stereocenters. The number of carbonyl (C=O) groups excluding carboxylic acids is 1. The highest BCUT2D eigenvalue weighted by atomic mass is 16.2. The second-order valence-corrected chi connectivity index (χ2v) is 9.59. The molecule has 3 aliphatic rings. The Morgan fingerprint density at radius 3 is 2.75 bits per heavy atom. The van der Waals surface area contributed by atoms with E-state index in [9.17, 15) is 4.79 Å². The van der Waals surface area contributed by atoms with E-state index < -0.39 is 0 Å². The molecule has 1 aromatic heterocycles. The number of nitrogens with zero attached hydrogens (tertiary/aromatic N) is 3. The predicted octanol–water partition coefficient (Wildman–Crippen LogP) is 4.08. The summed E-state index contributed by atoms with van der Waals surface area (Å²) in [5.41, 5.74) is 5.63. The number of rotatable bonds is 6. The minimum Gasteiger partial charge on any atom is -0.340 e. The number of fused-ring (bicyclic) bond motifs is 1. The minimum absolute atomic E-state index is 0.235. The number of aromatic amines is 1. The Labute approximate surface area is 189 Å². The summed E-state index contributed by atoms with van der Waals surface area (Å²) in [6.45, 7) is 5.25. The van der Waals surface area contributed by atoms with Crippen LogP contribution >= 0.6 is 0 Å². The average molecular weight is 430 g/mol. The fraction of sp³-hybridized carbons (Fsp3) is 0.462. The number of anilines is 2. The van der Waals surface area contributed by atoms with E-state index in [1.807, 2.05) is 12.1 Å². The number of unbranched alkanes of at least 4 members (excludes halogenated alkanes) is 1. The zero-order valence-corrected chi connectivity index (χ0v) is 18.6. The number of aryl methyl sites for hydroxylation is 1. The lowest BCUT2D eigenvalue weighted by atomic mass is 9.68. The van der Waals surface area contributed by atoms with E-state index in [1.54, 1.807) is 0 Å². The Kier molecular flexibility index (Phi) is 4.90. The molecular formula is C26H31N5O. The Hall–Kier alpha value is -2.86. The van der Waals surface area contributed by atoms with Crippen molar-refractivity contribution in [1.29, 1.82) is 0 Å². The molecule has 6 nitrogen and oxygen atoms in total. The quantitative estimate of drug-likeness (QED) is 0.580. The first-order chi connectivity index (χ1) is 15.7. The Balaban J connectivity index is 1.02. The van der Waals surface area contributed by atoms with Crippen LogP contribution < -0.4 is 10.2 Å². The van der Waals surface area contributed by atoms with Crippen molar-refractivity contribution in [2.24, 2.45) is 0 Å². The van der Waals surface area contributed by atoms with Gasteiger partial charge in [-0.2, -0.15) is 0 Å². The number of piperazine rings is 1. The molecule has 6 rings (SSSR count). The SMILES string of the molecule is O=C1Nc2cccc3c2C1(CCCCN1CCN(c2nc4ccccc4[nH]2)CC1)CCC3. The molecule has 1 amide bonds. The van der Waals surface area contributed by atoms with Gasteiger partial charge in [0.25, 0.3) is 0 Å². The van der Waals surface area contributed by atoms with Crippen molar-refractivity contribution in [3.8, 4) is 0 Å². The average Bonchev–Trinajstić information content (AvgIpc) is 3.38. The van der Waals surface area contributed by atoms with Crippen molar-refractivity contribution in [1.82, 2.24) is 14.9 Å². The number of nitrogens with one attached hydrogen (secondary N) is 2. The zero-order chi connectivity index (χ0) is 21.5. The molecule has 2 N–H and O–H groups in total. The monoisotopic (exact) mass is 429 g/mol. The van der Waals surface area contributed by atoms with Crippen LogP contribution in [0.25, 0.3) is 11.0 Å². The van der Waals surface area contributed by atoms with Gasteiger partial charge in [0.2, 0.25) is 11.9 Å². The predicted molar refractivity (Wildman–Crippen MR) is 128 cm³/mol. The number of hydrogen-bond acceptors (Lipinski definition) is 4. The number of aromatic nitrogens is 2. The molecule has 2 aromatic carbocycles. The van der Waals surface area contributed by atoms with Gasteiger partial charge in [-0.15, -0.1) is 0 Å². The first-order valence-electron chi connectivity index (χ1n) is 12.1. The summed E-state index contributed by atoms with van der Waals surface area (Å²) in [7, 11) is 0. The van der Waals surface area contributed by atoms with E-state index in [0.29, 0.717) is 0 Å². The summed E-state index contributed by atoms with van der Waals surface area (Å²) in [6, 6.07) is 14.6. The Bertz CT molecular complexity index is 1110. The van der Waals surface area contributed by atoms with Gasteiger partial charge in [0.05, 0.1) is 16.4 Å². The molecule has 0 radical (unpaired) electrons. The highest BCUT2D eigenvalue weighted by Crippen LogP contribution is 2.49. The highest BCUT2D eigenvalue weighted by molar-refractivity contribution is 6.07. The van der Waals surface area contributed by atoms with Gasteiger partial charge in [0.15, 0.2) is 0 Å². The van der Waals surface area contributed by atoms with Crippen molar-refractivity contribution in [2.75, 3.05) is 42.9 Å². The molecule has 0 saturated carbocycles. The molecule has 0 bridgehead atoms. The Morgan fingerprint density at radius 1 is 1.00 bits per heavy atom. The summed E-state index contributed by atoms with van der Waals surface area (Å²) in [5.74, 6) is 1.23. The first-order valence-corrected chi connectivity index (χ1v) is 12.1. The third kappa shape index (κ3) is 3.28. The molecule has 3 heterocycles. The standard InChI is InChI=1S/C26H31N5O/c32-24-26(13-6-8-19-7-5-11-22(27-24)23(19)26)12-3-4-14-30-15-17-31(18-16-30)25-28-20-9-1-2-10-21(20)29-25/h1-2,5,7,9-11H,3-4,6,8,12-18H2,(H,27,32)(H,28,29). The zero-order valence-electron chi connectivity index (χ0n) is 18.6. The molecule has 0 spiro atoms. The molecule has 2 aliphatic heterocycles. The van der Waals surface area contributed by atoms with Crippen LogP contribution in [0.5, 0.6) is 0 Å². The summed E-state index contributed by atoms with van der Waals surface area (Å²) < 4.78 is 0.